The Kier molecular flexibility index (Phi) is 24.0. The Morgan fingerprint density at radius 3 is 0.598 bits per heavy atom. The molecule has 414 valence electrons. The van der Waals surface area contributed by atoms with Crippen molar-refractivity contribution in [2.75, 3.05) is 14.2 Å². The number of hydrogen-bond donors (Lipinski definition) is 2. The van der Waals surface area contributed by atoms with Crippen LogP contribution < -0.4 is 20.4 Å². The van der Waals surface area contributed by atoms with Gasteiger partial charge in [-0.15, -0.1) is 0 Å². The van der Waals surface area contributed by atoms with Crippen LogP contribution in [0.15, 0.2) is 243 Å². The van der Waals surface area contributed by atoms with Crippen LogP contribution in [-0.4, -0.2) is 68.2 Å². The van der Waals surface area contributed by atoms with E-state index in [1.54, 1.807) is 97.1 Å². The number of fused-ring (bicyclic) bond motifs is 4. The summed E-state index contributed by atoms with van der Waals surface area (Å²) in [6.45, 7) is 0. The van der Waals surface area contributed by atoms with E-state index < -0.39 is 23.9 Å². The number of carboxylic acid groups (broad SMARTS) is 4. The Bertz CT molecular complexity index is 3560. The van der Waals surface area contributed by atoms with E-state index in [9.17, 15) is 39.6 Å². The molecule has 0 bridgehead atoms. The molecular formula is C66H48Cu2N4O10. The summed E-state index contributed by atoms with van der Waals surface area (Å²) >= 11 is 0. The van der Waals surface area contributed by atoms with E-state index in [1.165, 1.54) is 0 Å². The van der Waals surface area contributed by atoms with E-state index in [2.05, 4.69) is 19.9 Å². The number of aromatic carboxylic acids is 4. The maximum Gasteiger partial charge on any atom is 2.00 e. The molecule has 2 radical (unpaired) electrons. The molecule has 0 aliphatic carbocycles. The van der Waals surface area contributed by atoms with Gasteiger partial charge in [0.2, 0.25) is 0 Å². The van der Waals surface area contributed by atoms with Crippen LogP contribution in [0.3, 0.4) is 0 Å². The van der Waals surface area contributed by atoms with Gasteiger partial charge in [0, 0.05) is 80.3 Å². The number of rotatable bonds is 8. The van der Waals surface area contributed by atoms with Crippen LogP contribution in [0.1, 0.15) is 41.4 Å². The fourth-order valence-corrected chi connectivity index (χ4v) is 8.40. The zero-order valence-corrected chi connectivity index (χ0v) is 45.5. The maximum atomic E-state index is 11.3. The minimum Gasteiger partial charge on any atom is -0.545 e. The third kappa shape index (κ3) is 15.7. The molecule has 14 nitrogen and oxygen atoms in total. The van der Waals surface area contributed by atoms with Crippen LogP contribution in [0.4, 0.5) is 0 Å². The van der Waals surface area contributed by atoms with Gasteiger partial charge in [0.1, 0.15) is 0 Å². The number of carbonyl (C=O) groups excluding carboxylic acids is 4. The molecule has 8 aromatic carbocycles. The summed E-state index contributed by atoms with van der Waals surface area (Å²) in [4.78, 5) is 63.0. The number of benzene rings is 8. The van der Waals surface area contributed by atoms with Crippen LogP contribution >= 0.6 is 0 Å². The fraction of sp³-hybridized carbons (Fsp3) is 0.0303. The fourth-order valence-electron chi connectivity index (χ4n) is 8.40. The summed E-state index contributed by atoms with van der Waals surface area (Å²) in [5, 5.41) is 61.4. The van der Waals surface area contributed by atoms with Crippen molar-refractivity contribution in [3.63, 3.8) is 0 Å². The number of aliphatic hydroxyl groups excluding tert-OH is 2. The zero-order chi connectivity index (χ0) is 57.0. The second-order valence-corrected chi connectivity index (χ2v) is 16.9. The van der Waals surface area contributed by atoms with Crippen molar-refractivity contribution >= 4 is 67.5 Å². The topological polar surface area (TPSA) is 253 Å². The molecule has 0 fully saturated rings. The second-order valence-electron chi connectivity index (χ2n) is 16.9. The Morgan fingerprint density at radius 1 is 0.268 bits per heavy atom. The Labute approximate surface area is 492 Å². The van der Waals surface area contributed by atoms with Crippen molar-refractivity contribution in [3.05, 3.63) is 265 Å². The summed E-state index contributed by atoms with van der Waals surface area (Å²) in [6, 6.07) is 72.9. The molecule has 0 atom stereocenters. The normalized spacial score (nSPS) is 9.90. The monoisotopic (exact) mass is 1180 g/mol. The SMILES string of the molecule is CO.CO.O=C([O-])c1cc(-c2ccccc2)nc2ccccc12.O=C([O-])c1cc(-c2ccccc2)nc2ccccc12.O=C([O-])c1cc(-c2ccccc2)nc2ccccc12.O=C([O-])c1cc(-c2ccccc2)nc2ccccc12.[Cu+2].[Cu+2]. The van der Waals surface area contributed by atoms with E-state index in [0.29, 0.717) is 66.4 Å². The number of carbonyl (C=O) groups is 4. The number of aromatic nitrogens is 4. The molecule has 4 aromatic heterocycles. The summed E-state index contributed by atoms with van der Waals surface area (Å²) in [6.07, 6.45) is 0. The van der Waals surface area contributed by atoms with Crippen molar-refractivity contribution in [2.24, 2.45) is 0 Å². The molecule has 82 heavy (non-hydrogen) atoms. The van der Waals surface area contributed by atoms with E-state index >= 15 is 0 Å². The van der Waals surface area contributed by atoms with Crippen molar-refractivity contribution in [1.29, 1.82) is 0 Å². The zero-order valence-electron chi connectivity index (χ0n) is 43.6. The molecule has 0 unspecified atom stereocenters. The first-order valence-corrected chi connectivity index (χ1v) is 24.6. The maximum absolute atomic E-state index is 11.3. The van der Waals surface area contributed by atoms with E-state index in [1.807, 2.05) is 146 Å². The van der Waals surface area contributed by atoms with Crippen molar-refractivity contribution < 1.29 is 84.0 Å². The molecule has 2 N–H and O–H groups in total. The molecule has 4 heterocycles. The van der Waals surface area contributed by atoms with Gasteiger partial charge in [-0.05, 0) is 48.5 Å². The Morgan fingerprint density at radius 2 is 0.427 bits per heavy atom. The largest absolute Gasteiger partial charge is 2.00 e. The van der Waals surface area contributed by atoms with E-state index in [0.717, 1.165) is 36.5 Å². The quantitative estimate of drug-likeness (QED) is 0.136. The molecule has 12 rings (SSSR count). The first kappa shape index (κ1) is 63.1. The number of pyridine rings is 4. The van der Waals surface area contributed by atoms with Gasteiger partial charge in [-0.2, -0.15) is 0 Å². The molecular weight excluding hydrogens is 1140 g/mol. The number of nitrogens with zero attached hydrogens (tertiary/aromatic N) is 4. The third-order valence-electron chi connectivity index (χ3n) is 12.0. The van der Waals surface area contributed by atoms with Gasteiger partial charge >= 0.3 is 34.1 Å². The smallest absolute Gasteiger partial charge is 0.545 e. The number of aliphatic hydroxyl groups is 2. The first-order chi connectivity index (χ1) is 39.0. The van der Waals surface area contributed by atoms with Gasteiger partial charge in [-0.25, -0.2) is 19.9 Å². The Hall–Kier alpha value is -9.76. The van der Waals surface area contributed by atoms with Crippen molar-refractivity contribution in [1.82, 2.24) is 19.9 Å². The molecule has 0 aliphatic rings. The number of hydrogen-bond acceptors (Lipinski definition) is 14. The minimum atomic E-state index is -1.18. The van der Waals surface area contributed by atoms with Gasteiger partial charge in [-0.1, -0.05) is 194 Å². The predicted molar refractivity (Wildman–Crippen MR) is 302 cm³/mol. The molecule has 0 aliphatic heterocycles. The molecule has 0 saturated carbocycles. The first-order valence-electron chi connectivity index (χ1n) is 24.6. The van der Waals surface area contributed by atoms with Gasteiger partial charge in [0.05, 0.1) is 68.7 Å². The molecule has 12 aromatic rings. The van der Waals surface area contributed by atoms with Gasteiger partial charge in [0.15, 0.2) is 0 Å². The van der Waals surface area contributed by atoms with Gasteiger partial charge < -0.3 is 49.8 Å². The summed E-state index contributed by atoms with van der Waals surface area (Å²) < 4.78 is 0. The van der Waals surface area contributed by atoms with Crippen LogP contribution in [0, 0.1) is 0 Å². The van der Waals surface area contributed by atoms with E-state index in [-0.39, 0.29) is 56.4 Å². The molecule has 0 saturated heterocycles. The van der Waals surface area contributed by atoms with Crippen LogP contribution in [-0.2, 0) is 34.1 Å². The summed E-state index contributed by atoms with van der Waals surface area (Å²) in [5.74, 6) is -4.74. The number of para-hydroxylation sites is 4. The van der Waals surface area contributed by atoms with Gasteiger partial charge in [0.25, 0.3) is 0 Å². The van der Waals surface area contributed by atoms with Crippen LogP contribution in [0.5, 0.6) is 0 Å². The van der Waals surface area contributed by atoms with E-state index in [4.69, 9.17) is 10.2 Å². The second kappa shape index (κ2) is 31.1. The van der Waals surface area contributed by atoms with Crippen LogP contribution in [0.2, 0.25) is 0 Å². The van der Waals surface area contributed by atoms with Crippen molar-refractivity contribution in [2.45, 2.75) is 0 Å². The molecule has 0 amide bonds. The van der Waals surface area contributed by atoms with Crippen molar-refractivity contribution in [3.8, 4) is 45.0 Å². The summed E-state index contributed by atoms with van der Waals surface area (Å²) in [5.41, 5.74) is 9.40. The molecule has 0 spiro atoms. The third-order valence-corrected chi connectivity index (χ3v) is 12.0. The minimum absolute atomic E-state index is 0. The summed E-state index contributed by atoms with van der Waals surface area (Å²) in [7, 11) is 2.00. The standard InChI is InChI=1S/4C16H11NO2.2CH4O.2Cu/c4*18-16(19)13-10-15(11-6-2-1-3-7-11)17-14-9-5-4-8-12(13)14;2*1-2;;/h4*1-10H,(H,18,19);2*2H,1H3;;/q;;;;;;2*+2/p-4. The van der Waals surface area contributed by atoms with Crippen LogP contribution in [0.25, 0.3) is 88.6 Å². The number of carboxylic acids is 4. The average molecular weight is 1180 g/mol. The average Bonchev–Trinajstić information content (AvgIpc) is 3.69. The van der Waals surface area contributed by atoms with Gasteiger partial charge in [-0.3, -0.25) is 0 Å². The predicted octanol–water partition coefficient (Wildman–Crippen LogP) is 8.27. The Balaban J connectivity index is 0.000000195. The molecule has 16 heteroatoms.